The van der Waals surface area contributed by atoms with E-state index in [4.69, 9.17) is 0 Å². The van der Waals surface area contributed by atoms with Gasteiger partial charge in [-0.25, -0.2) is 0 Å². The fraction of sp³-hybridized carbons (Fsp3) is 0.929. The maximum Gasteiger partial charge on any atom is 0.236 e. The van der Waals surface area contributed by atoms with Gasteiger partial charge >= 0.3 is 0 Å². The lowest BCUT2D eigenvalue weighted by Crippen LogP contribution is -2.52. The van der Waals surface area contributed by atoms with Crippen LogP contribution in [0.5, 0.6) is 0 Å². The summed E-state index contributed by atoms with van der Waals surface area (Å²) in [6, 6.07) is -0.110. The van der Waals surface area contributed by atoms with Crippen LogP contribution in [-0.4, -0.2) is 24.0 Å². The van der Waals surface area contributed by atoms with Crippen molar-refractivity contribution < 1.29 is 4.79 Å². The van der Waals surface area contributed by atoms with E-state index in [1.807, 2.05) is 6.92 Å². The summed E-state index contributed by atoms with van der Waals surface area (Å²) in [5.74, 6) is 0.120. The van der Waals surface area contributed by atoms with E-state index in [2.05, 4.69) is 38.3 Å². The molecule has 17 heavy (non-hydrogen) atoms. The molecule has 0 bridgehead atoms. The smallest absolute Gasteiger partial charge is 0.236 e. The molecule has 1 amide bonds. The molecule has 0 saturated carbocycles. The van der Waals surface area contributed by atoms with Gasteiger partial charge in [-0.05, 0) is 33.1 Å². The van der Waals surface area contributed by atoms with Gasteiger partial charge in [-0.15, -0.1) is 0 Å². The van der Waals surface area contributed by atoms with E-state index >= 15 is 0 Å². The van der Waals surface area contributed by atoms with Crippen LogP contribution in [0.1, 0.15) is 66.7 Å². The number of carbonyl (C=O) groups is 1. The third-order valence-electron chi connectivity index (χ3n) is 3.60. The van der Waals surface area contributed by atoms with Crippen molar-refractivity contribution in [1.82, 2.24) is 10.6 Å². The molecule has 102 valence electrons. The molecule has 3 heteroatoms. The summed E-state index contributed by atoms with van der Waals surface area (Å²) in [6.45, 7) is 11.4. The van der Waals surface area contributed by atoms with E-state index in [-0.39, 0.29) is 17.5 Å². The van der Waals surface area contributed by atoms with Crippen LogP contribution in [0, 0.1) is 0 Å². The number of amides is 1. The second-order valence-electron chi connectivity index (χ2n) is 5.13. The lowest BCUT2D eigenvalue weighted by molar-refractivity contribution is -0.123. The fourth-order valence-electron chi connectivity index (χ4n) is 1.78. The minimum Gasteiger partial charge on any atom is -0.355 e. The molecule has 1 unspecified atom stereocenters. The van der Waals surface area contributed by atoms with Crippen molar-refractivity contribution in [2.45, 2.75) is 78.3 Å². The number of hydrogen-bond donors (Lipinski definition) is 2. The minimum absolute atomic E-state index is 0.0696. The van der Waals surface area contributed by atoms with Crippen LogP contribution < -0.4 is 10.6 Å². The Hall–Kier alpha value is -0.570. The molecule has 0 spiro atoms. The largest absolute Gasteiger partial charge is 0.355 e. The van der Waals surface area contributed by atoms with Crippen molar-refractivity contribution in [3.63, 3.8) is 0 Å². The molecule has 0 aromatic rings. The number of nitrogens with one attached hydrogen (secondary N) is 2. The monoisotopic (exact) mass is 242 g/mol. The van der Waals surface area contributed by atoms with Crippen LogP contribution in [0.4, 0.5) is 0 Å². The van der Waals surface area contributed by atoms with Crippen LogP contribution >= 0.6 is 0 Å². The van der Waals surface area contributed by atoms with Crippen molar-refractivity contribution in [3.8, 4) is 0 Å². The van der Waals surface area contributed by atoms with E-state index in [1.54, 1.807) is 0 Å². The van der Waals surface area contributed by atoms with Crippen LogP contribution in [0.25, 0.3) is 0 Å². The van der Waals surface area contributed by atoms with Crippen LogP contribution in [0.2, 0.25) is 0 Å². The predicted octanol–water partition coefficient (Wildman–Crippen LogP) is 2.85. The van der Waals surface area contributed by atoms with Gasteiger partial charge in [0.2, 0.25) is 5.91 Å². The standard InChI is InChI=1S/C14H30N2O/c1-6-9-10-11-15-13(17)12(4)16-14(5,7-2)8-3/h12,16H,6-11H2,1-5H3,(H,15,17). The first-order valence-corrected chi connectivity index (χ1v) is 7.04. The van der Waals surface area contributed by atoms with Gasteiger partial charge in [0, 0.05) is 12.1 Å². The molecule has 0 fully saturated rings. The summed E-state index contributed by atoms with van der Waals surface area (Å²) in [5, 5.41) is 6.41. The van der Waals surface area contributed by atoms with Crippen molar-refractivity contribution in [2.75, 3.05) is 6.54 Å². The topological polar surface area (TPSA) is 41.1 Å². The van der Waals surface area contributed by atoms with Gasteiger partial charge in [-0.3, -0.25) is 4.79 Å². The summed E-state index contributed by atoms with van der Waals surface area (Å²) < 4.78 is 0. The Balaban J connectivity index is 3.96. The highest BCUT2D eigenvalue weighted by atomic mass is 16.2. The maximum atomic E-state index is 11.8. The van der Waals surface area contributed by atoms with E-state index in [1.165, 1.54) is 12.8 Å². The molecular formula is C14H30N2O. The van der Waals surface area contributed by atoms with Gasteiger partial charge in [0.05, 0.1) is 6.04 Å². The Morgan fingerprint density at radius 3 is 2.24 bits per heavy atom. The number of hydrogen-bond acceptors (Lipinski definition) is 2. The van der Waals surface area contributed by atoms with E-state index < -0.39 is 0 Å². The zero-order chi connectivity index (χ0) is 13.3. The zero-order valence-electron chi connectivity index (χ0n) is 12.2. The molecule has 0 rings (SSSR count). The van der Waals surface area contributed by atoms with Crippen molar-refractivity contribution in [2.24, 2.45) is 0 Å². The van der Waals surface area contributed by atoms with Gasteiger partial charge in [-0.2, -0.15) is 0 Å². The second-order valence-corrected chi connectivity index (χ2v) is 5.13. The molecule has 2 N–H and O–H groups in total. The van der Waals surface area contributed by atoms with Crippen molar-refractivity contribution in [1.29, 1.82) is 0 Å². The van der Waals surface area contributed by atoms with Crippen LogP contribution in [-0.2, 0) is 4.79 Å². The summed E-state index contributed by atoms with van der Waals surface area (Å²) in [7, 11) is 0. The third kappa shape index (κ3) is 6.67. The highest BCUT2D eigenvalue weighted by Crippen LogP contribution is 2.14. The molecular weight excluding hydrogens is 212 g/mol. The van der Waals surface area contributed by atoms with Gasteiger partial charge < -0.3 is 10.6 Å². The molecule has 0 aliphatic carbocycles. The SMILES string of the molecule is CCCCCNC(=O)C(C)NC(C)(CC)CC. The Morgan fingerprint density at radius 2 is 1.76 bits per heavy atom. The second kappa shape index (κ2) is 8.51. The normalized spacial score (nSPS) is 13.5. The average Bonchev–Trinajstić information content (AvgIpc) is 2.34. The first-order valence-electron chi connectivity index (χ1n) is 7.04. The number of carbonyl (C=O) groups excluding carboxylic acids is 1. The molecule has 1 atom stereocenters. The zero-order valence-corrected chi connectivity index (χ0v) is 12.2. The molecule has 0 aliphatic rings. The summed E-state index contributed by atoms with van der Waals surface area (Å²) in [5.41, 5.74) is 0.0696. The first kappa shape index (κ1) is 16.4. The highest BCUT2D eigenvalue weighted by molar-refractivity contribution is 5.81. The summed E-state index contributed by atoms with van der Waals surface area (Å²) in [4.78, 5) is 11.8. The first-order chi connectivity index (χ1) is 7.99. The molecule has 0 radical (unpaired) electrons. The van der Waals surface area contributed by atoms with Gasteiger partial charge in [0.1, 0.15) is 0 Å². The van der Waals surface area contributed by atoms with E-state index in [9.17, 15) is 4.79 Å². The maximum absolute atomic E-state index is 11.8. The lowest BCUT2D eigenvalue weighted by atomic mass is 9.94. The lowest BCUT2D eigenvalue weighted by Gasteiger charge is -2.31. The molecule has 0 aromatic heterocycles. The van der Waals surface area contributed by atoms with Crippen LogP contribution in [0.3, 0.4) is 0 Å². The average molecular weight is 242 g/mol. The van der Waals surface area contributed by atoms with Crippen molar-refractivity contribution in [3.05, 3.63) is 0 Å². The number of unbranched alkanes of at least 4 members (excludes halogenated alkanes) is 2. The summed E-state index contributed by atoms with van der Waals surface area (Å²) >= 11 is 0. The van der Waals surface area contributed by atoms with Gasteiger partial charge in [0.15, 0.2) is 0 Å². The highest BCUT2D eigenvalue weighted by Gasteiger charge is 2.24. The third-order valence-corrected chi connectivity index (χ3v) is 3.60. The Kier molecular flexibility index (Phi) is 8.23. The Labute approximate surface area is 107 Å². The predicted molar refractivity (Wildman–Crippen MR) is 74.1 cm³/mol. The summed E-state index contributed by atoms with van der Waals surface area (Å²) in [6.07, 6.45) is 5.53. The molecule has 3 nitrogen and oxygen atoms in total. The molecule has 0 aliphatic heterocycles. The quantitative estimate of drug-likeness (QED) is 0.610. The molecule has 0 saturated heterocycles. The molecule has 0 aromatic carbocycles. The van der Waals surface area contributed by atoms with E-state index in [0.717, 1.165) is 25.8 Å². The van der Waals surface area contributed by atoms with Gasteiger partial charge in [0.25, 0.3) is 0 Å². The fourth-order valence-corrected chi connectivity index (χ4v) is 1.78. The molecule has 0 heterocycles. The van der Waals surface area contributed by atoms with Gasteiger partial charge in [-0.1, -0.05) is 33.6 Å². The minimum atomic E-state index is -0.110. The van der Waals surface area contributed by atoms with E-state index in [0.29, 0.717) is 0 Å². The van der Waals surface area contributed by atoms with Crippen molar-refractivity contribution >= 4 is 5.91 Å². The Morgan fingerprint density at radius 1 is 1.18 bits per heavy atom. The Bertz CT molecular complexity index is 212. The van der Waals surface area contributed by atoms with Crippen LogP contribution in [0.15, 0.2) is 0 Å². The number of rotatable bonds is 9.